The second kappa shape index (κ2) is 14.3. The molecule has 4 aromatic carbocycles. The zero-order valence-electron chi connectivity index (χ0n) is 22.6. The summed E-state index contributed by atoms with van der Waals surface area (Å²) in [4.78, 5) is 13.9. The fourth-order valence-electron chi connectivity index (χ4n) is 4.32. The summed E-state index contributed by atoms with van der Waals surface area (Å²) in [6, 6.07) is 29.8. The van der Waals surface area contributed by atoms with E-state index in [0.717, 1.165) is 16.7 Å². The molecular formula is C32H32ClNO6S. The lowest BCUT2D eigenvalue weighted by Crippen LogP contribution is -2.28. The number of benzene rings is 4. The Hall–Kier alpha value is -3.69. The summed E-state index contributed by atoms with van der Waals surface area (Å²) in [6.07, 6.45) is -0.749. The van der Waals surface area contributed by atoms with Crippen molar-refractivity contribution in [3.63, 3.8) is 0 Å². The van der Waals surface area contributed by atoms with Crippen LogP contribution in [0.3, 0.4) is 0 Å². The molecule has 0 spiro atoms. The SMILES string of the molecule is CCOC(=O)COc1ccc(S(=O)(=O)c2ccc(CN(Cc3ccccc3)CC(O)c3cccc(Cl)c3)cc2)cc1. The molecule has 0 saturated heterocycles. The smallest absolute Gasteiger partial charge is 0.344 e. The first-order chi connectivity index (χ1) is 19.7. The molecule has 41 heavy (non-hydrogen) atoms. The van der Waals surface area contributed by atoms with Gasteiger partial charge in [-0.25, -0.2) is 13.2 Å². The van der Waals surface area contributed by atoms with E-state index in [1.54, 1.807) is 43.3 Å². The van der Waals surface area contributed by atoms with Gasteiger partial charge in [0.15, 0.2) is 6.61 Å². The fourth-order valence-corrected chi connectivity index (χ4v) is 5.78. The minimum absolute atomic E-state index is 0.115. The summed E-state index contributed by atoms with van der Waals surface area (Å²) >= 11 is 6.13. The Morgan fingerprint density at radius 1 is 0.854 bits per heavy atom. The largest absolute Gasteiger partial charge is 0.482 e. The van der Waals surface area contributed by atoms with Crippen molar-refractivity contribution in [2.24, 2.45) is 0 Å². The van der Waals surface area contributed by atoms with Crippen molar-refractivity contribution in [3.8, 4) is 5.75 Å². The van der Waals surface area contributed by atoms with Gasteiger partial charge in [-0.3, -0.25) is 4.90 Å². The number of carbonyl (C=O) groups is 1. The molecule has 214 valence electrons. The van der Waals surface area contributed by atoms with Gasteiger partial charge in [0.1, 0.15) is 5.75 Å². The highest BCUT2D eigenvalue weighted by molar-refractivity contribution is 7.91. The second-order valence-corrected chi connectivity index (χ2v) is 11.8. The Kier molecular flexibility index (Phi) is 10.5. The van der Waals surface area contributed by atoms with Crippen molar-refractivity contribution in [2.45, 2.75) is 35.9 Å². The van der Waals surface area contributed by atoms with E-state index in [9.17, 15) is 18.3 Å². The number of sulfone groups is 1. The summed E-state index contributed by atoms with van der Waals surface area (Å²) in [6.45, 7) is 3.17. The number of carbonyl (C=O) groups excluding carboxylic acids is 1. The van der Waals surface area contributed by atoms with Crippen molar-refractivity contribution >= 4 is 27.4 Å². The summed E-state index contributed by atoms with van der Waals surface area (Å²) < 4.78 is 36.6. The van der Waals surface area contributed by atoms with Crippen LogP contribution < -0.4 is 4.74 Å². The third-order valence-corrected chi connectivity index (χ3v) is 8.37. The first-order valence-electron chi connectivity index (χ1n) is 13.2. The molecule has 0 saturated carbocycles. The molecule has 0 radical (unpaired) electrons. The van der Waals surface area contributed by atoms with Gasteiger partial charge in [0.25, 0.3) is 0 Å². The van der Waals surface area contributed by atoms with E-state index in [4.69, 9.17) is 21.1 Å². The first-order valence-corrected chi connectivity index (χ1v) is 15.0. The van der Waals surface area contributed by atoms with E-state index in [1.165, 1.54) is 24.3 Å². The van der Waals surface area contributed by atoms with Crippen molar-refractivity contribution in [3.05, 3.63) is 125 Å². The van der Waals surface area contributed by atoms with E-state index in [0.29, 0.717) is 30.4 Å². The maximum atomic E-state index is 13.2. The number of ether oxygens (including phenoxy) is 2. The molecule has 0 amide bonds. The fraction of sp³-hybridized carbons (Fsp3) is 0.219. The number of rotatable bonds is 13. The second-order valence-electron chi connectivity index (χ2n) is 9.44. The molecule has 0 bridgehead atoms. The maximum absolute atomic E-state index is 13.2. The molecule has 0 aliphatic carbocycles. The molecule has 0 aliphatic heterocycles. The molecule has 0 fully saturated rings. The third kappa shape index (κ3) is 8.65. The van der Waals surface area contributed by atoms with Crippen molar-refractivity contribution in [1.82, 2.24) is 4.90 Å². The van der Waals surface area contributed by atoms with Gasteiger partial charge in [0.2, 0.25) is 9.84 Å². The first kappa shape index (κ1) is 30.3. The lowest BCUT2D eigenvalue weighted by Gasteiger charge is -2.26. The van der Waals surface area contributed by atoms with Crippen LogP contribution in [-0.4, -0.2) is 44.2 Å². The number of esters is 1. The van der Waals surface area contributed by atoms with Crippen LogP contribution in [0, 0.1) is 0 Å². The minimum Gasteiger partial charge on any atom is -0.482 e. The van der Waals surface area contributed by atoms with Crippen LogP contribution >= 0.6 is 11.6 Å². The summed E-state index contributed by atoms with van der Waals surface area (Å²) in [5.41, 5.74) is 2.73. The number of aliphatic hydroxyl groups is 1. The van der Waals surface area contributed by atoms with Gasteiger partial charge in [0.05, 0.1) is 22.5 Å². The van der Waals surface area contributed by atoms with Gasteiger partial charge in [-0.1, -0.05) is 66.2 Å². The number of halogens is 1. The van der Waals surface area contributed by atoms with E-state index in [-0.39, 0.29) is 23.0 Å². The van der Waals surface area contributed by atoms with E-state index < -0.39 is 21.9 Å². The van der Waals surface area contributed by atoms with E-state index >= 15 is 0 Å². The molecule has 0 heterocycles. The lowest BCUT2D eigenvalue weighted by molar-refractivity contribution is -0.145. The van der Waals surface area contributed by atoms with Crippen molar-refractivity contribution in [2.75, 3.05) is 19.8 Å². The Morgan fingerprint density at radius 2 is 1.46 bits per heavy atom. The highest BCUT2D eigenvalue weighted by Gasteiger charge is 2.19. The molecule has 1 atom stereocenters. The van der Waals surface area contributed by atoms with E-state index in [1.807, 2.05) is 42.5 Å². The normalized spacial score (nSPS) is 12.2. The van der Waals surface area contributed by atoms with Crippen LogP contribution in [0.5, 0.6) is 5.75 Å². The van der Waals surface area contributed by atoms with Crippen LogP contribution in [0.25, 0.3) is 0 Å². The summed E-state index contributed by atoms with van der Waals surface area (Å²) in [5.74, 6) is -0.128. The average Bonchev–Trinajstić information content (AvgIpc) is 2.97. The van der Waals surface area contributed by atoms with Crippen LogP contribution in [-0.2, 0) is 32.5 Å². The molecule has 1 N–H and O–H groups in total. The monoisotopic (exact) mass is 593 g/mol. The lowest BCUT2D eigenvalue weighted by atomic mass is 10.1. The Bertz CT molecular complexity index is 1530. The van der Waals surface area contributed by atoms with Gasteiger partial charge in [-0.2, -0.15) is 0 Å². The van der Waals surface area contributed by atoms with Crippen LogP contribution in [0.2, 0.25) is 5.02 Å². The zero-order valence-corrected chi connectivity index (χ0v) is 24.2. The average molecular weight is 594 g/mol. The number of hydrogen-bond donors (Lipinski definition) is 1. The van der Waals surface area contributed by atoms with Crippen molar-refractivity contribution in [1.29, 1.82) is 0 Å². The standard InChI is InChI=1S/C32H32ClNO6S/c1-2-39-32(36)23-40-28-13-17-30(18-14-28)41(37,38)29-15-11-25(12-16-29)21-34(20-24-7-4-3-5-8-24)22-31(35)26-9-6-10-27(33)19-26/h3-19,31,35H,2,20-23H2,1H3. The Morgan fingerprint density at radius 3 is 2.07 bits per heavy atom. The van der Waals surface area contributed by atoms with Gasteiger partial charge in [-0.05, 0) is 72.1 Å². The van der Waals surface area contributed by atoms with Crippen LogP contribution in [0.4, 0.5) is 0 Å². The molecular weight excluding hydrogens is 562 g/mol. The van der Waals surface area contributed by atoms with Crippen LogP contribution in [0.15, 0.2) is 113 Å². The molecule has 0 aliphatic rings. The summed E-state index contributed by atoms with van der Waals surface area (Å²) in [7, 11) is -3.76. The van der Waals surface area contributed by atoms with Gasteiger partial charge in [0, 0.05) is 24.7 Å². The quantitative estimate of drug-likeness (QED) is 0.194. The van der Waals surface area contributed by atoms with Gasteiger partial charge in [-0.15, -0.1) is 0 Å². The molecule has 1 unspecified atom stereocenters. The molecule has 4 aromatic rings. The maximum Gasteiger partial charge on any atom is 0.344 e. The molecule has 7 nitrogen and oxygen atoms in total. The molecule has 0 aromatic heterocycles. The van der Waals surface area contributed by atoms with Crippen LogP contribution in [0.1, 0.15) is 29.7 Å². The van der Waals surface area contributed by atoms with Crippen molar-refractivity contribution < 1.29 is 27.8 Å². The Labute approximate surface area is 245 Å². The number of aliphatic hydroxyl groups excluding tert-OH is 1. The Balaban J connectivity index is 1.46. The molecule has 4 rings (SSSR count). The highest BCUT2D eigenvalue weighted by atomic mass is 35.5. The van der Waals surface area contributed by atoms with E-state index in [2.05, 4.69) is 4.90 Å². The highest BCUT2D eigenvalue weighted by Crippen LogP contribution is 2.25. The molecule has 9 heteroatoms. The van der Waals surface area contributed by atoms with Gasteiger partial charge >= 0.3 is 5.97 Å². The number of hydrogen-bond acceptors (Lipinski definition) is 7. The predicted molar refractivity (Wildman–Crippen MR) is 157 cm³/mol. The summed E-state index contributed by atoms with van der Waals surface area (Å²) in [5, 5.41) is 11.5. The van der Waals surface area contributed by atoms with Gasteiger partial charge < -0.3 is 14.6 Å². The predicted octanol–water partition coefficient (Wildman–Crippen LogP) is 5.85. The number of nitrogens with zero attached hydrogens (tertiary/aromatic N) is 1. The zero-order chi connectivity index (χ0) is 29.2. The topological polar surface area (TPSA) is 93.1 Å². The third-order valence-electron chi connectivity index (χ3n) is 6.35. The minimum atomic E-state index is -3.76.